The molecule has 0 amide bonds. The van der Waals surface area contributed by atoms with Crippen LogP contribution in [0.15, 0.2) is 12.2 Å². The van der Waals surface area contributed by atoms with Crippen LogP contribution in [0.2, 0.25) is 0 Å². The maximum Gasteiger partial charge on any atom is 0.133 e. The van der Waals surface area contributed by atoms with E-state index in [2.05, 4.69) is 13.0 Å². The van der Waals surface area contributed by atoms with Crippen molar-refractivity contribution in [3.8, 4) is 0 Å². The van der Waals surface area contributed by atoms with Crippen molar-refractivity contribution in [3.63, 3.8) is 0 Å². The average Bonchev–Trinajstić information content (AvgIpc) is 2.09. The molecule has 0 aromatic heterocycles. The van der Waals surface area contributed by atoms with Crippen LogP contribution >= 0.6 is 0 Å². The smallest absolute Gasteiger partial charge is 0.133 e. The van der Waals surface area contributed by atoms with Crippen LogP contribution in [-0.4, -0.2) is 11.6 Å². The third-order valence-corrected chi connectivity index (χ3v) is 1.75. The molecule has 13 heavy (non-hydrogen) atoms. The zero-order valence-corrected chi connectivity index (χ0v) is 8.51. The number of hydrogen-bond acceptors (Lipinski definition) is 2. The largest absolute Gasteiger partial charge is 0.300 e. The first kappa shape index (κ1) is 12.1. The quantitative estimate of drug-likeness (QED) is 0.567. The minimum atomic E-state index is 0.0949. The Hall–Kier alpha value is -0.920. The lowest BCUT2D eigenvalue weighted by Gasteiger charge is -1.95. The molecule has 0 heterocycles. The molecule has 0 unspecified atom stereocenters. The molecule has 0 radical (unpaired) electrons. The van der Waals surface area contributed by atoms with Gasteiger partial charge in [0.25, 0.3) is 0 Å². The van der Waals surface area contributed by atoms with Crippen molar-refractivity contribution in [3.05, 3.63) is 12.2 Å². The molecule has 0 aromatic carbocycles. The van der Waals surface area contributed by atoms with Crippen LogP contribution in [0.4, 0.5) is 0 Å². The lowest BCUT2D eigenvalue weighted by molar-refractivity contribution is -0.123. The Morgan fingerprint density at radius 2 is 1.77 bits per heavy atom. The van der Waals surface area contributed by atoms with Crippen molar-refractivity contribution in [1.82, 2.24) is 0 Å². The second-order valence-corrected chi connectivity index (χ2v) is 3.16. The highest BCUT2D eigenvalue weighted by molar-refractivity contribution is 5.84. The fraction of sp³-hybridized carbons (Fsp3) is 0.636. The molecule has 0 rings (SSSR count). The Morgan fingerprint density at radius 1 is 1.08 bits per heavy atom. The van der Waals surface area contributed by atoms with E-state index >= 15 is 0 Å². The number of carbonyl (C=O) groups excluding carboxylic acids is 2. The number of rotatable bonds is 7. The minimum absolute atomic E-state index is 0.0949. The number of hydrogen-bond donors (Lipinski definition) is 0. The standard InChI is InChI=1S/C11H18O2/c1-3-4-5-6-7-11(13)9-8-10(2)12/h4-5H,3,6-9H2,1-2H3/b5-4+. The summed E-state index contributed by atoms with van der Waals surface area (Å²) in [7, 11) is 0. The van der Waals surface area contributed by atoms with Gasteiger partial charge in [0.1, 0.15) is 11.6 Å². The average molecular weight is 182 g/mol. The summed E-state index contributed by atoms with van der Waals surface area (Å²) in [6.45, 7) is 3.58. The summed E-state index contributed by atoms with van der Waals surface area (Å²) >= 11 is 0. The van der Waals surface area contributed by atoms with Crippen LogP contribution < -0.4 is 0 Å². The summed E-state index contributed by atoms with van der Waals surface area (Å²) in [6.07, 6.45) is 7.28. The van der Waals surface area contributed by atoms with E-state index in [-0.39, 0.29) is 11.6 Å². The van der Waals surface area contributed by atoms with Gasteiger partial charge >= 0.3 is 0 Å². The summed E-state index contributed by atoms with van der Waals surface area (Å²) in [5, 5.41) is 0. The van der Waals surface area contributed by atoms with Gasteiger partial charge in [0.15, 0.2) is 0 Å². The van der Waals surface area contributed by atoms with Crippen LogP contribution in [0.25, 0.3) is 0 Å². The van der Waals surface area contributed by atoms with E-state index in [1.165, 1.54) is 6.92 Å². The van der Waals surface area contributed by atoms with Crippen LogP contribution in [0.1, 0.15) is 46.0 Å². The molecule has 2 heteroatoms. The molecule has 0 aliphatic rings. The molecule has 0 saturated heterocycles. The van der Waals surface area contributed by atoms with Crippen molar-refractivity contribution in [1.29, 1.82) is 0 Å². The molecule has 0 atom stereocenters. The predicted molar refractivity (Wildman–Crippen MR) is 53.6 cm³/mol. The summed E-state index contributed by atoms with van der Waals surface area (Å²) in [6, 6.07) is 0. The molecule has 0 aliphatic carbocycles. The highest BCUT2D eigenvalue weighted by atomic mass is 16.1. The van der Waals surface area contributed by atoms with E-state index in [0.29, 0.717) is 19.3 Å². The molecule has 0 aliphatic heterocycles. The SMILES string of the molecule is CC/C=C/CCC(=O)CCC(C)=O. The van der Waals surface area contributed by atoms with Crippen molar-refractivity contribution < 1.29 is 9.59 Å². The van der Waals surface area contributed by atoms with Gasteiger partial charge in [0, 0.05) is 19.3 Å². The molecular weight excluding hydrogens is 164 g/mol. The van der Waals surface area contributed by atoms with Gasteiger partial charge in [-0.3, -0.25) is 4.79 Å². The maximum absolute atomic E-state index is 11.1. The fourth-order valence-electron chi connectivity index (χ4n) is 0.969. The van der Waals surface area contributed by atoms with Gasteiger partial charge in [-0.1, -0.05) is 19.1 Å². The summed E-state index contributed by atoms with van der Waals surface area (Å²) in [5.41, 5.74) is 0. The Morgan fingerprint density at radius 3 is 2.31 bits per heavy atom. The molecule has 0 aromatic rings. The molecule has 0 bridgehead atoms. The van der Waals surface area contributed by atoms with Crippen molar-refractivity contribution in [2.75, 3.05) is 0 Å². The van der Waals surface area contributed by atoms with Crippen molar-refractivity contribution in [2.24, 2.45) is 0 Å². The first-order valence-electron chi connectivity index (χ1n) is 4.83. The second kappa shape index (κ2) is 7.71. The number of ketones is 2. The fourth-order valence-corrected chi connectivity index (χ4v) is 0.969. The van der Waals surface area contributed by atoms with Gasteiger partial charge in [-0.25, -0.2) is 0 Å². The van der Waals surface area contributed by atoms with Gasteiger partial charge in [0.2, 0.25) is 0 Å². The number of allylic oxidation sites excluding steroid dienone is 2. The topological polar surface area (TPSA) is 34.1 Å². The Balaban J connectivity index is 3.41. The van der Waals surface area contributed by atoms with Crippen molar-refractivity contribution in [2.45, 2.75) is 46.0 Å². The third-order valence-electron chi connectivity index (χ3n) is 1.75. The Kier molecular flexibility index (Phi) is 7.17. The van der Waals surface area contributed by atoms with Crippen LogP contribution in [0.3, 0.4) is 0 Å². The molecule has 0 N–H and O–H groups in total. The summed E-state index contributed by atoms with van der Waals surface area (Å²) in [5.74, 6) is 0.286. The highest BCUT2D eigenvalue weighted by Crippen LogP contribution is 2.00. The predicted octanol–water partition coefficient (Wildman–Crippen LogP) is 2.67. The van der Waals surface area contributed by atoms with E-state index in [0.717, 1.165) is 12.8 Å². The zero-order valence-electron chi connectivity index (χ0n) is 8.51. The van der Waals surface area contributed by atoms with Crippen molar-refractivity contribution >= 4 is 11.6 Å². The second-order valence-electron chi connectivity index (χ2n) is 3.16. The number of Topliss-reactive ketones (excluding diaryl/α,β-unsaturated/α-hetero) is 2. The van der Waals surface area contributed by atoms with E-state index in [4.69, 9.17) is 0 Å². The van der Waals surface area contributed by atoms with Crippen LogP contribution in [0.5, 0.6) is 0 Å². The Labute approximate surface area is 80.0 Å². The lowest BCUT2D eigenvalue weighted by Crippen LogP contribution is -2.00. The molecule has 0 saturated carbocycles. The van der Waals surface area contributed by atoms with Gasteiger partial charge in [-0.2, -0.15) is 0 Å². The van der Waals surface area contributed by atoms with Gasteiger partial charge in [0.05, 0.1) is 0 Å². The molecule has 74 valence electrons. The normalized spacial score (nSPS) is 10.6. The first-order valence-corrected chi connectivity index (χ1v) is 4.83. The van der Waals surface area contributed by atoms with E-state index in [1.807, 2.05) is 6.08 Å². The Bertz CT molecular complexity index is 192. The third kappa shape index (κ3) is 8.99. The van der Waals surface area contributed by atoms with Gasteiger partial charge in [-0.05, 0) is 19.8 Å². The van der Waals surface area contributed by atoms with E-state index in [1.54, 1.807) is 0 Å². The highest BCUT2D eigenvalue weighted by Gasteiger charge is 2.01. The first-order chi connectivity index (χ1) is 6.16. The summed E-state index contributed by atoms with van der Waals surface area (Å²) < 4.78 is 0. The summed E-state index contributed by atoms with van der Waals surface area (Å²) in [4.78, 5) is 21.7. The van der Waals surface area contributed by atoms with E-state index in [9.17, 15) is 9.59 Å². The molecule has 2 nitrogen and oxygen atoms in total. The van der Waals surface area contributed by atoms with Gasteiger partial charge < -0.3 is 4.79 Å². The lowest BCUT2D eigenvalue weighted by atomic mass is 10.1. The van der Waals surface area contributed by atoms with Crippen LogP contribution in [0, 0.1) is 0 Å². The molecule has 0 fully saturated rings. The maximum atomic E-state index is 11.1. The minimum Gasteiger partial charge on any atom is -0.300 e. The zero-order chi connectivity index (χ0) is 10.1. The molecular formula is C11H18O2. The van der Waals surface area contributed by atoms with Crippen LogP contribution in [-0.2, 0) is 9.59 Å². The van der Waals surface area contributed by atoms with Gasteiger partial charge in [-0.15, -0.1) is 0 Å². The number of carbonyl (C=O) groups is 2. The van der Waals surface area contributed by atoms with E-state index < -0.39 is 0 Å². The molecule has 0 spiro atoms. The monoisotopic (exact) mass is 182 g/mol.